The number of aryl methyl sites for hydroxylation is 1. The number of rotatable bonds is 12. The minimum absolute atomic E-state index is 0.111. The van der Waals surface area contributed by atoms with Crippen molar-refractivity contribution >= 4 is 28.7 Å². The normalized spacial score (nSPS) is 11.1. The van der Waals surface area contributed by atoms with E-state index >= 15 is 0 Å². The summed E-state index contributed by atoms with van der Waals surface area (Å²) in [6, 6.07) is 21.1. The Balaban J connectivity index is 1.66. The SMILES string of the molecule is CCCCCN(C(=O)NC)c1ccc2c(c1)nc(CCCC)n2Cc1ccc(-c2ccccc2C(=O)O)cc1. The molecular weight excluding hydrogens is 488 g/mol. The Labute approximate surface area is 230 Å². The molecule has 0 spiro atoms. The summed E-state index contributed by atoms with van der Waals surface area (Å²) >= 11 is 0. The van der Waals surface area contributed by atoms with E-state index in [0.29, 0.717) is 24.2 Å². The molecule has 204 valence electrons. The van der Waals surface area contributed by atoms with Crippen molar-refractivity contribution in [2.45, 2.75) is 58.9 Å². The van der Waals surface area contributed by atoms with E-state index in [-0.39, 0.29) is 6.03 Å². The number of nitrogens with one attached hydrogen (secondary N) is 1. The maximum atomic E-state index is 12.6. The summed E-state index contributed by atoms with van der Waals surface area (Å²) in [5, 5.41) is 12.3. The van der Waals surface area contributed by atoms with Crippen molar-refractivity contribution < 1.29 is 14.7 Å². The van der Waals surface area contributed by atoms with Gasteiger partial charge in [0.2, 0.25) is 0 Å². The highest BCUT2D eigenvalue weighted by Gasteiger charge is 2.18. The van der Waals surface area contributed by atoms with Gasteiger partial charge in [-0.05, 0) is 53.8 Å². The van der Waals surface area contributed by atoms with Crippen LogP contribution in [0.15, 0.2) is 66.7 Å². The molecule has 0 unspecified atom stereocenters. The van der Waals surface area contributed by atoms with Crippen LogP contribution in [0.1, 0.15) is 67.7 Å². The predicted molar refractivity (Wildman–Crippen MR) is 158 cm³/mol. The van der Waals surface area contributed by atoms with E-state index in [1.54, 1.807) is 24.1 Å². The molecule has 7 heteroatoms. The maximum absolute atomic E-state index is 12.6. The van der Waals surface area contributed by atoms with Crippen molar-refractivity contribution in [3.05, 3.63) is 83.7 Å². The molecule has 0 atom stereocenters. The van der Waals surface area contributed by atoms with Gasteiger partial charge in [0.05, 0.1) is 16.6 Å². The average Bonchev–Trinajstić information content (AvgIpc) is 3.30. The van der Waals surface area contributed by atoms with Crippen LogP contribution in [0.25, 0.3) is 22.2 Å². The molecule has 3 aromatic carbocycles. The number of benzene rings is 3. The molecule has 0 aliphatic heterocycles. The Morgan fingerprint density at radius 2 is 1.69 bits per heavy atom. The minimum Gasteiger partial charge on any atom is -0.478 e. The van der Waals surface area contributed by atoms with Crippen LogP contribution in [0.5, 0.6) is 0 Å². The zero-order valence-corrected chi connectivity index (χ0v) is 23.1. The zero-order chi connectivity index (χ0) is 27.8. The lowest BCUT2D eigenvalue weighted by atomic mass is 9.99. The Hall–Kier alpha value is -4.13. The molecule has 0 saturated carbocycles. The average molecular weight is 527 g/mol. The number of carboxylic acid groups (broad SMARTS) is 1. The first-order valence-corrected chi connectivity index (χ1v) is 13.9. The third kappa shape index (κ3) is 6.48. The van der Waals surface area contributed by atoms with E-state index in [1.165, 1.54) is 0 Å². The van der Waals surface area contributed by atoms with Gasteiger partial charge in [-0.15, -0.1) is 0 Å². The molecule has 0 bridgehead atoms. The van der Waals surface area contributed by atoms with Gasteiger partial charge in [-0.2, -0.15) is 0 Å². The standard InChI is InChI=1S/C32H38N4O3/c1-4-6-10-20-35(32(39)33-3)25-18-19-29-28(21-25)34-30(13-7-5-2)36(29)22-23-14-16-24(17-15-23)26-11-8-9-12-27(26)31(37)38/h8-9,11-12,14-19,21H,4-7,10,13,20,22H2,1-3H3,(H,33,39)(H,37,38). The number of hydrogen-bond acceptors (Lipinski definition) is 3. The molecule has 0 saturated heterocycles. The number of urea groups is 1. The van der Waals surface area contributed by atoms with E-state index in [2.05, 4.69) is 41.9 Å². The fourth-order valence-electron chi connectivity index (χ4n) is 4.93. The lowest BCUT2D eigenvalue weighted by Gasteiger charge is -2.22. The lowest BCUT2D eigenvalue weighted by molar-refractivity contribution is 0.0697. The van der Waals surface area contributed by atoms with Gasteiger partial charge in [-0.1, -0.05) is 75.6 Å². The Morgan fingerprint density at radius 3 is 2.38 bits per heavy atom. The van der Waals surface area contributed by atoms with Gasteiger partial charge in [-0.25, -0.2) is 14.6 Å². The van der Waals surface area contributed by atoms with Crippen molar-refractivity contribution in [3.63, 3.8) is 0 Å². The van der Waals surface area contributed by atoms with Crippen molar-refractivity contribution in [1.29, 1.82) is 0 Å². The first-order valence-electron chi connectivity index (χ1n) is 13.9. The third-order valence-corrected chi connectivity index (χ3v) is 7.08. The van der Waals surface area contributed by atoms with Crippen LogP contribution in [-0.2, 0) is 13.0 Å². The van der Waals surface area contributed by atoms with Gasteiger partial charge in [0.25, 0.3) is 0 Å². The Morgan fingerprint density at radius 1 is 0.949 bits per heavy atom. The van der Waals surface area contributed by atoms with Crippen LogP contribution in [0.2, 0.25) is 0 Å². The minimum atomic E-state index is -0.931. The van der Waals surface area contributed by atoms with Gasteiger partial charge >= 0.3 is 12.0 Å². The highest BCUT2D eigenvalue weighted by Crippen LogP contribution is 2.27. The third-order valence-electron chi connectivity index (χ3n) is 7.08. The maximum Gasteiger partial charge on any atom is 0.336 e. The number of unbranched alkanes of at least 4 members (excludes halogenated alkanes) is 3. The molecule has 4 aromatic rings. The Kier molecular flexibility index (Phi) is 9.36. The molecule has 7 nitrogen and oxygen atoms in total. The molecule has 2 N–H and O–H groups in total. The number of carbonyl (C=O) groups excluding carboxylic acids is 1. The number of amides is 2. The summed E-state index contributed by atoms with van der Waals surface area (Å²) in [5.41, 5.74) is 5.76. The second kappa shape index (κ2) is 13.1. The van der Waals surface area contributed by atoms with Crippen LogP contribution >= 0.6 is 0 Å². The lowest BCUT2D eigenvalue weighted by Crippen LogP contribution is -2.38. The molecule has 0 radical (unpaired) electrons. The fourth-order valence-corrected chi connectivity index (χ4v) is 4.93. The first-order chi connectivity index (χ1) is 19.0. The molecule has 1 aromatic heterocycles. The molecule has 2 amide bonds. The molecule has 4 rings (SSSR count). The van der Waals surface area contributed by atoms with Gasteiger partial charge in [0.1, 0.15) is 5.82 Å². The number of hydrogen-bond donors (Lipinski definition) is 2. The van der Waals surface area contributed by atoms with E-state index < -0.39 is 5.97 Å². The van der Waals surface area contributed by atoms with E-state index in [4.69, 9.17) is 4.98 Å². The molecule has 39 heavy (non-hydrogen) atoms. The Bertz CT molecular complexity index is 1430. The van der Waals surface area contributed by atoms with Crippen molar-refractivity contribution in [2.24, 2.45) is 0 Å². The zero-order valence-electron chi connectivity index (χ0n) is 23.1. The van der Waals surface area contributed by atoms with E-state index in [0.717, 1.165) is 72.2 Å². The van der Waals surface area contributed by atoms with Gasteiger partial charge < -0.3 is 15.0 Å². The number of imidazole rings is 1. The van der Waals surface area contributed by atoms with Crippen molar-refractivity contribution in [1.82, 2.24) is 14.9 Å². The molecule has 0 aliphatic carbocycles. The summed E-state index contributed by atoms with van der Waals surface area (Å²) < 4.78 is 2.26. The van der Waals surface area contributed by atoms with Crippen LogP contribution in [0.4, 0.5) is 10.5 Å². The first kappa shape index (κ1) is 27.9. The topological polar surface area (TPSA) is 87.5 Å². The number of carboxylic acids is 1. The number of anilines is 1. The second-order valence-corrected chi connectivity index (χ2v) is 9.85. The van der Waals surface area contributed by atoms with Crippen LogP contribution in [0.3, 0.4) is 0 Å². The quantitative estimate of drug-likeness (QED) is 0.192. The fraction of sp³-hybridized carbons (Fsp3) is 0.344. The summed E-state index contributed by atoms with van der Waals surface area (Å²) in [7, 11) is 1.66. The number of aromatic nitrogens is 2. The highest BCUT2D eigenvalue weighted by atomic mass is 16.4. The van der Waals surface area contributed by atoms with Crippen LogP contribution < -0.4 is 10.2 Å². The smallest absolute Gasteiger partial charge is 0.336 e. The van der Waals surface area contributed by atoms with Crippen molar-refractivity contribution in [3.8, 4) is 11.1 Å². The highest BCUT2D eigenvalue weighted by molar-refractivity contribution is 5.96. The van der Waals surface area contributed by atoms with Gasteiger partial charge in [0, 0.05) is 32.2 Å². The number of carbonyl (C=O) groups is 2. The van der Waals surface area contributed by atoms with Crippen LogP contribution in [-0.4, -0.2) is 40.3 Å². The second-order valence-electron chi connectivity index (χ2n) is 9.85. The predicted octanol–water partition coefficient (Wildman–Crippen LogP) is 7.13. The largest absolute Gasteiger partial charge is 0.478 e. The summed E-state index contributed by atoms with van der Waals surface area (Å²) in [5.74, 6) is 0.0987. The van der Waals surface area contributed by atoms with Crippen molar-refractivity contribution in [2.75, 3.05) is 18.5 Å². The summed E-state index contributed by atoms with van der Waals surface area (Å²) in [4.78, 5) is 31.1. The monoisotopic (exact) mass is 526 g/mol. The number of fused-ring (bicyclic) bond motifs is 1. The molecule has 0 fully saturated rings. The molecule has 1 heterocycles. The van der Waals surface area contributed by atoms with Gasteiger partial charge in [-0.3, -0.25) is 4.90 Å². The summed E-state index contributed by atoms with van der Waals surface area (Å²) in [6.07, 6.45) is 6.12. The number of aromatic carboxylic acids is 1. The van der Waals surface area contributed by atoms with E-state index in [1.807, 2.05) is 36.4 Å². The van der Waals surface area contributed by atoms with Crippen LogP contribution in [0, 0.1) is 0 Å². The van der Waals surface area contributed by atoms with E-state index in [9.17, 15) is 14.7 Å². The molecular formula is C32H38N4O3. The number of nitrogens with zero attached hydrogens (tertiary/aromatic N) is 3. The summed E-state index contributed by atoms with van der Waals surface area (Å²) in [6.45, 7) is 5.66. The molecule has 0 aliphatic rings. The van der Waals surface area contributed by atoms with Gasteiger partial charge in [0.15, 0.2) is 0 Å².